The number of aromatic nitrogens is 1. The van der Waals surface area contributed by atoms with Crippen molar-refractivity contribution in [1.82, 2.24) is 9.30 Å². The van der Waals surface area contributed by atoms with Crippen molar-refractivity contribution >= 4 is 15.4 Å². The standard InChI is InChI=1S/C33H42N2O5S/c1-23(2)29-22-35-17-8-10-24(3)31(35)33(29)41(36,37)28-13-11-27(12-14-28)40-19-9-16-34(5)18-15-26-20-25(4)32(39-7)30(21-26)38-6/h8,10-14,17,20-23H,9,15-16,18-19H2,1-7H3. The molecule has 0 aliphatic rings. The van der Waals surface area contributed by atoms with Gasteiger partial charge in [-0.15, -0.1) is 0 Å². The number of ether oxygens (including phenoxy) is 3. The molecule has 2 heterocycles. The summed E-state index contributed by atoms with van der Waals surface area (Å²) >= 11 is 0. The van der Waals surface area contributed by atoms with Crippen LogP contribution in [0.5, 0.6) is 17.2 Å². The van der Waals surface area contributed by atoms with Crippen molar-refractivity contribution in [2.45, 2.75) is 56.2 Å². The molecule has 4 rings (SSSR count). The number of aryl methyl sites for hydroxylation is 2. The van der Waals surface area contributed by atoms with Crippen molar-refractivity contribution in [2.75, 3.05) is 41.0 Å². The summed E-state index contributed by atoms with van der Waals surface area (Å²) < 4.78 is 46.4. The molecule has 4 aromatic rings. The van der Waals surface area contributed by atoms with Gasteiger partial charge in [0, 0.05) is 25.5 Å². The summed E-state index contributed by atoms with van der Waals surface area (Å²) in [5.41, 5.74) is 4.77. The molecule has 0 amide bonds. The van der Waals surface area contributed by atoms with Crippen LogP contribution in [-0.4, -0.2) is 58.7 Å². The molecule has 0 atom stereocenters. The Labute approximate surface area is 244 Å². The Bertz CT molecular complexity index is 1590. The van der Waals surface area contributed by atoms with E-state index in [0.29, 0.717) is 17.3 Å². The van der Waals surface area contributed by atoms with E-state index in [1.54, 1.807) is 38.5 Å². The quantitative estimate of drug-likeness (QED) is 0.169. The van der Waals surface area contributed by atoms with Gasteiger partial charge in [-0.25, -0.2) is 8.42 Å². The van der Waals surface area contributed by atoms with Gasteiger partial charge in [-0.1, -0.05) is 26.0 Å². The Hall–Kier alpha value is -3.49. The predicted octanol–water partition coefficient (Wildman–Crippen LogP) is 6.47. The minimum Gasteiger partial charge on any atom is -0.494 e. The zero-order valence-corrected chi connectivity index (χ0v) is 26.0. The molecule has 0 fully saturated rings. The zero-order valence-electron chi connectivity index (χ0n) is 25.2. The van der Waals surface area contributed by atoms with Crippen LogP contribution in [0.2, 0.25) is 0 Å². The number of pyridine rings is 1. The van der Waals surface area contributed by atoms with Crippen molar-refractivity contribution in [1.29, 1.82) is 0 Å². The van der Waals surface area contributed by atoms with Crippen LogP contribution in [0.1, 0.15) is 48.4 Å². The SMILES string of the molecule is COc1cc(CCN(C)CCCOc2ccc(S(=O)(=O)c3c(C(C)C)cn4cccc(C)c34)cc2)cc(C)c1OC. The summed E-state index contributed by atoms with van der Waals surface area (Å²) in [6, 6.07) is 14.9. The van der Waals surface area contributed by atoms with E-state index in [1.807, 2.05) is 62.7 Å². The molecule has 220 valence electrons. The molecule has 0 aliphatic heterocycles. The van der Waals surface area contributed by atoms with E-state index in [2.05, 4.69) is 18.0 Å². The fourth-order valence-electron chi connectivity index (χ4n) is 5.24. The average molecular weight is 579 g/mol. The van der Waals surface area contributed by atoms with Gasteiger partial charge in [0.1, 0.15) is 10.6 Å². The molecule has 0 aliphatic carbocycles. The predicted molar refractivity (Wildman–Crippen MR) is 164 cm³/mol. The van der Waals surface area contributed by atoms with Gasteiger partial charge in [0.05, 0.1) is 31.2 Å². The van der Waals surface area contributed by atoms with Crippen LogP contribution < -0.4 is 14.2 Å². The van der Waals surface area contributed by atoms with E-state index in [0.717, 1.165) is 59.6 Å². The van der Waals surface area contributed by atoms with Gasteiger partial charge in [-0.2, -0.15) is 0 Å². The van der Waals surface area contributed by atoms with Crippen LogP contribution in [0.25, 0.3) is 5.52 Å². The van der Waals surface area contributed by atoms with Crippen LogP contribution in [0, 0.1) is 13.8 Å². The highest BCUT2D eigenvalue weighted by Gasteiger charge is 2.28. The van der Waals surface area contributed by atoms with E-state index >= 15 is 0 Å². The lowest BCUT2D eigenvalue weighted by molar-refractivity contribution is 0.264. The monoisotopic (exact) mass is 578 g/mol. The Morgan fingerprint density at radius 2 is 1.68 bits per heavy atom. The molecular weight excluding hydrogens is 536 g/mol. The van der Waals surface area contributed by atoms with E-state index < -0.39 is 9.84 Å². The van der Waals surface area contributed by atoms with Crippen molar-refractivity contribution in [3.05, 3.63) is 83.2 Å². The highest BCUT2D eigenvalue weighted by atomic mass is 32.2. The summed E-state index contributed by atoms with van der Waals surface area (Å²) in [5, 5.41) is 0. The van der Waals surface area contributed by atoms with Gasteiger partial charge in [-0.05, 0) is 98.3 Å². The third-order valence-electron chi connectivity index (χ3n) is 7.46. The van der Waals surface area contributed by atoms with Crippen LogP contribution in [0.3, 0.4) is 0 Å². The lowest BCUT2D eigenvalue weighted by atomic mass is 10.1. The molecule has 0 saturated carbocycles. The second-order valence-corrected chi connectivity index (χ2v) is 12.8. The first-order chi connectivity index (χ1) is 19.6. The molecular formula is C33H42N2O5S. The normalized spacial score (nSPS) is 11.9. The Morgan fingerprint density at radius 3 is 2.34 bits per heavy atom. The molecule has 0 saturated heterocycles. The number of hydrogen-bond acceptors (Lipinski definition) is 6. The minimum atomic E-state index is -3.71. The number of hydrogen-bond donors (Lipinski definition) is 0. The fourth-order valence-corrected chi connectivity index (χ4v) is 7.09. The molecule has 7 nitrogen and oxygen atoms in total. The maximum absolute atomic E-state index is 13.8. The lowest BCUT2D eigenvalue weighted by Gasteiger charge is -2.18. The molecule has 0 N–H and O–H groups in total. The van der Waals surface area contributed by atoms with Crippen molar-refractivity contribution in [2.24, 2.45) is 0 Å². The fraction of sp³-hybridized carbons (Fsp3) is 0.394. The first-order valence-corrected chi connectivity index (χ1v) is 15.5. The molecule has 2 aromatic carbocycles. The molecule has 8 heteroatoms. The third kappa shape index (κ3) is 6.71. The van der Waals surface area contributed by atoms with Crippen molar-refractivity contribution < 1.29 is 22.6 Å². The van der Waals surface area contributed by atoms with Crippen molar-refractivity contribution in [3.63, 3.8) is 0 Å². The largest absolute Gasteiger partial charge is 0.494 e. The zero-order chi connectivity index (χ0) is 29.7. The van der Waals surface area contributed by atoms with Crippen LogP contribution in [-0.2, 0) is 16.3 Å². The molecule has 2 aromatic heterocycles. The lowest BCUT2D eigenvalue weighted by Crippen LogP contribution is -2.23. The number of methoxy groups -OCH3 is 2. The highest BCUT2D eigenvalue weighted by Crippen LogP contribution is 2.36. The Balaban J connectivity index is 1.33. The number of likely N-dealkylation sites (N-methyl/N-ethyl adjacent to an activating group) is 1. The first-order valence-electron chi connectivity index (χ1n) is 14.0. The van der Waals surface area contributed by atoms with Gasteiger partial charge < -0.3 is 23.5 Å². The number of fused-ring (bicyclic) bond motifs is 1. The van der Waals surface area contributed by atoms with Gasteiger partial charge >= 0.3 is 0 Å². The maximum Gasteiger partial charge on any atom is 0.209 e. The summed E-state index contributed by atoms with van der Waals surface area (Å²) in [7, 11) is 1.71. The second kappa shape index (κ2) is 13.0. The van der Waals surface area contributed by atoms with Gasteiger partial charge in [0.15, 0.2) is 11.5 Å². The highest BCUT2D eigenvalue weighted by molar-refractivity contribution is 7.91. The number of nitrogens with zero attached hydrogens (tertiary/aromatic N) is 2. The summed E-state index contributed by atoms with van der Waals surface area (Å²) in [4.78, 5) is 2.94. The molecule has 0 unspecified atom stereocenters. The third-order valence-corrected chi connectivity index (χ3v) is 9.32. The Kier molecular flexibility index (Phi) is 9.66. The molecule has 0 bridgehead atoms. The van der Waals surface area contributed by atoms with E-state index in [4.69, 9.17) is 14.2 Å². The Morgan fingerprint density at radius 1 is 0.951 bits per heavy atom. The summed E-state index contributed by atoms with van der Waals surface area (Å²) in [5.74, 6) is 2.27. The summed E-state index contributed by atoms with van der Waals surface area (Å²) in [6.45, 7) is 10.4. The van der Waals surface area contributed by atoms with Gasteiger partial charge in [0.2, 0.25) is 9.84 Å². The molecule has 0 radical (unpaired) electrons. The van der Waals surface area contributed by atoms with Crippen molar-refractivity contribution in [3.8, 4) is 17.2 Å². The van der Waals surface area contributed by atoms with E-state index in [1.165, 1.54) is 5.56 Å². The first kappa shape index (κ1) is 30.5. The number of sulfone groups is 1. The van der Waals surface area contributed by atoms with Crippen LogP contribution in [0.15, 0.2) is 70.7 Å². The van der Waals surface area contributed by atoms with E-state index in [-0.39, 0.29) is 10.8 Å². The minimum absolute atomic E-state index is 0.0722. The molecule has 41 heavy (non-hydrogen) atoms. The van der Waals surface area contributed by atoms with Crippen LogP contribution >= 0.6 is 0 Å². The van der Waals surface area contributed by atoms with Gasteiger partial charge in [0.25, 0.3) is 0 Å². The van der Waals surface area contributed by atoms with Gasteiger partial charge in [-0.3, -0.25) is 0 Å². The van der Waals surface area contributed by atoms with E-state index in [9.17, 15) is 8.42 Å². The molecule has 0 spiro atoms. The number of rotatable bonds is 13. The smallest absolute Gasteiger partial charge is 0.209 e. The summed E-state index contributed by atoms with van der Waals surface area (Å²) in [6.07, 6.45) is 5.60. The average Bonchev–Trinajstić information content (AvgIpc) is 3.36. The van der Waals surface area contributed by atoms with Crippen LogP contribution in [0.4, 0.5) is 0 Å². The maximum atomic E-state index is 13.8. The topological polar surface area (TPSA) is 69.5 Å². The second-order valence-electron chi connectivity index (χ2n) is 10.9. The number of benzene rings is 2.